The molecule has 0 aromatic heterocycles. The van der Waals surface area contributed by atoms with Crippen LogP contribution in [-0.2, 0) is 0 Å². The Morgan fingerprint density at radius 2 is 1.90 bits per heavy atom. The summed E-state index contributed by atoms with van der Waals surface area (Å²) in [5.41, 5.74) is 0.793. The van der Waals surface area contributed by atoms with E-state index < -0.39 is 6.61 Å². The summed E-state index contributed by atoms with van der Waals surface area (Å²) < 4.78 is 29.4. The molecule has 1 aromatic carbocycles. The van der Waals surface area contributed by atoms with Gasteiger partial charge in [-0.1, -0.05) is 50.3 Å². The van der Waals surface area contributed by atoms with E-state index in [0.29, 0.717) is 0 Å². The van der Waals surface area contributed by atoms with Gasteiger partial charge in [0.1, 0.15) is 5.75 Å². The van der Waals surface area contributed by atoms with Crippen LogP contribution >= 0.6 is 0 Å². The first-order valence-corrected chi connectivity index (χ1v) is 7.94. The van der Waals surface area contributed by atoms with Gasteiger partial charge >= 0.3 is 6.61 Å². The number of hydrogen-bond acceptors (Lipinski definition) is 2. The van der Waals surface area contributed by atoms with Crippen LogP contribution in [0.5, 0.6) is 5.75 Å². The third-order valence-corrected chi connectivity index (χ3v) is 4.33. The van der Waals surface area contributed by atoms with E-state index in [4.69, 9.17) is 0 Å². The Bertz CT molecular complexity index is 419. The minimum absolute atomic E-state index is 0.0172. The largest absolute Gasteiger partial charge is 0.434 e. The third-order valence-electron chi connectivity index (χ3n) is 4.33. The quantitative estimate of drug-likeness (QED) is 0.772. The van der Waals surface area contributed by atoms with Gasteiger partial charge in [0.2, 0.25) is 0 Å². The predicted molar refractivity (Wildman–Crippen MR) is 80.7 cm³/mol. The van der Waals surface area contributed by atoms with E-state index in [1.165, 1.54) is 38.5 Å². The van der Waals surface area contributed by atoms with Gasteiger partial charge in [-0.2, -0.15) is 8.78 Å². The molecule has 4 heteroatoms. The SMILES string of the molecule is CC(NCCC1CCCCC1)c1ccccc1OC(F)F. The highest BCUT2D eigenvalue weighted by atomic mass is 19.3. The van der Waals surface area contributed by atoms with E-state index in [1.54, 1.807) is 12.1 Å². The van der Waals surface area contributed by atoms with Crippen LogP contribution in [0.4, 0.5) is 8.78 Å². The highest BCUT2D eigenvalue weighted by Crippen LogP contribution is 2.28. The molecule has 1 unspecified atom stereocenters. The fraction of sp³-hybridized carbons (Fsp3) is 0.647. The van der Waals surface area contributed by atoms with Crippen molar-refractivity contribution in [3.8, 4) is 5.75 Å². The van der Waals surface area contributed by atoms with E-state index in [1.807, 2.05) is 19.1 Å². The number of halogens is 2. The Labute approximate surface area is 125 Å². The normalized spacial score (nSPS) is 17.9. The minimum atomic E-state index is -2.78. The predicted octanol–water partition coefficient (Wildman–Crippen LogP) is 4.91. The first-order chi connectivity index (χ1) is 10.2. The van der Waals surface area contributed by atoms with Crippen LogP contribution in [0.2, 0.25) is 0 Å². The molecule has 1 saturated carbocycles. The molecule has 1 aliphatic rings. The van der Waals surface area contributed by atoms with Gasteiger partial charge in [0.05, 0.1) is 0 Å². The molecule has 0 bridgehead atoms. The molecule has 2 nitrogen and oxygen atoms in total. The number of ether oxygens (including phenoxy) is 1. The molecule has 0 saturated heterocycles. The summed E-state index contributed by atoms with van der Waals surface area (Å²) in [7, 11) is 0. The Morgan fingerprint density at radius 1 is 1.19 bits per heavy atom. The van der Waals surface area contributed by atoms with Crippen LogP contribution in [0.1, 0.15) is 57.1 Å². The van der Waals surface area contributed by atoms with Crippen LogP contribution in [0, 0.1) is 5.92 Å². The number of benzene rings is 1. The number of hydrogen-bond donors (Lipinski definition) is 1. The zero-order valence-corrected chi connectivity index (χ0v) is 12.7. The Morgan fingerprint density at radius 3 is 2.62 bits per heavy atom. The summed E-state index contributed by atoms with van der Waals surface area (Å²) in [6.07, 6.45) is 7.92. The molecule has 1 atom stereocenters. The van der Waals surface area contributed by atoms with Gasteiger partial charge < -0.3 is 10.1 Å². The Balaban J connectivity index is 1.83. The van der Waals surface area contributed by atoms with Gasteiger partial charge in [0.15, 0.2) is 0 Å². The van der Waals surface area contributed by atoms with Crippen molar-refractivity contribution in [3.63, 3.8) is 0 Å². The summed E-state index contributed by atoms with van der Waals surface area (Å²) in [6.45, 7) is 0.143. The summed E-state index contributed by atoms with van der Waals surface area (Å²) in [6, 6.07) is 7.03. The molecule has 118 valence electrons. The van der Waals surface area contributed by atoms with Crippen LogP contribution in [-0.4, -0.2) is 13.2 Å². The molecule has 0 heterocycles. The number of nitrogens with one attached hydrogen (secondary N) is 1. The van der Waals surface area contributed by atoms with Crippen LogP contribution in [0.15, 0.2) is 24.3 Å². The molecule has 0 amide bonds. The zero-order valence-electron chi connectivity index (χ0n) is 12.7. The first kappa shape index (κ1) is 16.2. The molecule has 1 aromatic rings. The van der Waals surface area contributed by atoms with E-state index in [-0.39, 0.29) is 11.8 Å². The zero-order chi connectivity index (χ0) is 15.1. The summed E-state index contributed by atoms with van der Waals surface area (Å²) in [5.74, 6) is 1.09. The van der Waals surface area contributed by atoms with Crippen molar-refractivity contribution in [1.82, 2.24) is 5.32 Å². The first-order valence-electron chi connectivity index (χ1n) is 7.94. The lowest BCUT2D eigenvalue weighted by atomic mass is 9.87. The van der Waals surface area contributed by atoms with Gasteiger partial charge in [-0.15, -0.1) is 0 Å². The highest BCUT2D eigenvalue weighted by Gasteiger charge is 2.16. The van der Waals surface area contributed by atoms with E-state index >= 15 is 0 Å². The summed E-state index contributed by atoms with van der Waals surface area (Å²) in [5, 5.41) is 3.43. The molecule has 0 spiro atoms. The van der Waals surface area contributed by atoms with Crippen molar-refractivity contribution >= 4 is 0 Å². The van der Waals surface area contributed by atoms with Gasteiger partial charge in [0, 0.05) is 11.6 Å². The van der Waals surface area contributed by atoms with Crippen LogP contribution in [0.25, 0.3) is 0 Å². The number of rotatable bonds is 7. The standard InChI is InChI=1S/C17H25F2NO/c1-13(20-12-11-14-7-3-2-4-8-14)15-9-5-6-10-16(15)21-17(18)19/h5-6,9-10,13-14,17,20H,2-4,7-8,11-12H2,1H3. The van der Waals surface area contributed by atoms with Gasteiger partial charge in [0.25, 0.3) is 0 Å². The summed E-state index contributed by atoms with van der Waals surface area (Å²) in [4.78, 5) is 0. The molecule has 1 fully saturated rings. The van der Waals surface area contributed by atoms with E-state index in [2.05, 4.69) is 10.1 Å². The number of para-hydroxylation sites is 1. The Kier molecular flexibility index (Phi) is 6.43. The minimum Gasteiger partial charge on any atom is -0.434 e. The maximum atomic E-state index is 12.4. The topological polar surface area (TPSA) is 21.3 Å². The van der Waals surface area contributed by atoms with Crippen LogP contribution in [0.3, 0.4) is 0 Å². The van der Waals surface area contributed by atoms with Crippen molar-refractivity contribution in [2.45, 2.75) is 58.1 Å². The maximum Gasteiger partial charge on any atom is 0.387 e. The second-order valence-electron chi connectivity index (χ2n) is 5.88. The molecule has 21 heavy (non-hydrogen) atoms. The lowest BCUT2D eigenvalue weighted by Crippen LogP contribution is -2.23. The molecule has 0 aliphatic heterocycles. The smallest absolute Gasteiger partial charge is 0.387 e. The molecule has 0 radical (unpaired) electrons. The fourth-order valence-electron chi connectivity index (χ4n) is 3.13. The van der Waals surface area contributed by atoms with Crippen molar-refractivity contribution < 1.29 is 13.5 Å². The van der Waals surface area contributed by atoms with Crippen molar-refractivity contribution in [2.75, 3.05) is 6.54 Å². The van der Waals surface area contributed by atoms with Gasteiger partial charge in [-0.05, 0) is 31.9 Å². The van der Waals surface area contributed by atoms with E-state index in [9.17, 15) is 8.78 Å². The fourth-order valence-corrected chi connectivity index (χ4v) is 3.13. The number of alkyl halides is 2. The van der Waals surface area contributed by atoms with E-state index in [0.717, 1.165) is 18.0 Å². The Hall–Kier alpha value is -1.16. The highest BCUT2D eigenvalue weighted by molar-refractivity contribution is 5.35. The second kappa shape index (κ2) is 8.32. The average molecular weight is 297 g/mol. The molecular formula is C17H25F2NO. The van der Waals surface area contributed by atoms with Crippen molar-refractivity contribution in [3.05, 3.63) is 29.8 Å². The second-order valence-corrected chi connectivity index (χ2v) is 5.88. The van der Waals surface area contributed by atoms with Gasteiger partial charge in [-0.3, -0.25) is 0 Å². The molecule has 2 rings (SSSR count). The lowest BCUT2D eigenvalue weighted by Gasteiger charge is -2.23. The van der Waals surface area contributed by atoms with Crippen molar-refractivity contribution in [2.24, 2.45) is 5.92 Å². The monoisotopic (exact) mass is 297 g/mol. The van der Waals surface area contributed by atoms with Gasteiger partial charge in [-0.25, -0.2) is 0 Å². The summed E-state index contributed by atoms with van der Waals surface area (Å²) >= 11 is 0. The maximum absolute atomic E-state index is 12.4. The molecular weight excluding hydrogens is 272 g/mol. The van der Waals surface area contributed by atoms with Crippen molar-refractivity contribution in [1.29, 1.82) is 0 Å². The third kappa shape index (κ3) is 5.27. The molecule has 1 N–H and O–H groups in total. The molecule has 1 aliphatic carbocycles. The average Bonchev–Trinajstić information content (AvgIpc) is 2.48. The van der Waals surface area contributed by atoms with Crippen LogP contribution < -0.4 is 10.1 Å². The lowest BCUT2D eigenvalue weighted by molar-refractivity contribution is -0.0506.